The van der Waals surface area contributed by atoms with Crippen LogP contribution in [0.5, 0.6) is 0 Å². The Morgan fingerprint density at radius 1 is 1.00 bits per heavy atom. The van der Waals surface area contributed by atoms with Gasteiger partial charge in [0.05, 0.1) is 10.7 Å². The van der Waals surface area contributed by atoms with E-state index in [-0.39, 0.29) is 0 Å². The van der Waals surface area contributed by atoms with Gasteiger partial charge in [-0.05, 0) is 37.6 Å². The van der Waals surface area contributed by atoms with Crippen LogP contribution in [0.15, 0.2) is 53.9 Å². The van der Waals surface area contributed by atoms with Crippen molar-refractivity contribution in [2.24, 2.45) is 0 Å². The van der Waals surface area contributed by atoms with Crippen molar-refractivity contribution in [1.82, 2.24) is 24.6 Å². The number of rotatable bonds is 5. The Morgan fingerprint density at radius 3 is 2.62 bits per heavy atom. The topological polar surface area (TPSA) is 68.0 Å². The van der Waals surface area contributed by atoms with Gasteiger partial charge < -0.3 is 5.32 Å². The smallest absolute Gasteiger partial charge is 0.249 e. The molecule has 160 valence electrons. The number of nitrogens with zero attached hydrogens (tertiary/aromatic N) is 5. The summed E-state index contributed by atoms with van der Waals surface area (Å²) < 4.78 is 1.77. The lowest BCUT2D eigenvalue weighted by Gasteiger charge is -2.12. The zero-order chi connectivity index (χ0) is 22.2. The predicted octanol–water partition coefficient (Wildman–Crippen LogP) is 6.51. The molecule has 0 unspecified atom stereocenters. The molecule has 9 heteroatoms. The van der Waals surface area contributed by atoms with E-state index in [1.54, 1.807) is 16.6 Å². The van der Waals surface area contributed by atoms with Crippen LogP contribution in [0, 0.1) is 13.8 Å². The van der Waals surface area contributed by atoms with E-state index in [2.05, 4.69) is 37.5 Å². The van der Waals surface area contributed by atoms with E-state index in [1.165, 1.54) is 16.9 Å². The second-order valence-corrected chi connectivity index (χ2v) is 9.03. The number of hydrogen-bond acceptors (Lipinski definition) is 6. The molecule has 0 aliphatic heterocycles. The minimum atomic E-state index is 0.461. The summed E-state index contributed by atoms with van der Waals surface area (Å²) in [5.41, 5.74) is 4.76. The number of halogens is 2. The van der Waals surface area contributed by atoms with Crippen LogP contribution < -0.4 is 5.32 Å². The summed E-state index contributed by atoms with van der Waals surface area (Å²) in [6.07, 6.45) is 0.709. The molecular weight excluding hydrogens is 463 g/mol. The Labute approximate surface area is 198 Å². The molecule has 1 N–H and O–H groups in total. The zero-order valence-electron chi connectivity index (χ0n) is 17.3. The van der Waals surface area contributed by atoms with Gasteiger partial charge in [0, 0.05) is 33.6 Å². The van der Waals surface area contributed by atoms with Gasteiger partial charge in [-0.1, -0.05) is 53.5 Å². The van der Waals surface area contributed by atoms with Gasteiger partial charge in [-0.2, -0.15) is 4.98 Å². The maximum Gasteiger partial charge on any atom is 0.249 e. The summed E-state index contributed by atoms with van der Waals surface area (Å²) >= 11 is 14.1. The van der Waals surface area contributed by atoms with Gasteiger partial charge in [0.25, 0.3) is 0 Å². The molecule has 2 aromatic carbocycles. The van der Waals surface area contributed by atoms with Crippen LogP contribution >= 0.6 is 34.5 Å². The van der Waals surface area contributed by atoms with Crippen LogP contribution in [-0.4, -0.2) is 24.6 Å². The first-order valence-electron chi connectivity index (χ1n) is 9.92. The van der Waals surface area contributed by atoms with Crippen molar-refractivity contribution >= 4 is 51.3 Å². The van der Waals surface area contributed by atoms with Gasteiger partial charge in [-0.15, -0.1) is 16.4 Å². The lowest BCUT2D eigenvalue weighted by Crippen LogP contribution is -2.07. The van der Waals surface area contributed by atoms with Crippen molar-refractivity contribution in [2.75, 3.05) is 5.32 Å². The highest BCUT2D eigenvalue weighted by atomic mass is 35.5. The normalized spacial score (nSPS) is 11.2. The molecule has 0 atom stereocenters. The van der Waals surface area contributed by atoms with Crippen molar-refractivity contribution in [1.29, 1.82) is 0 Å². The Balaban J connectivity index is 1.53. The van der Waals surface area contributed by atoms with Crippen LogP contribution in [0.1, 0.15) is 22.6 Å². The fraction of sp³-hybridized carbons (Fsp3) is 0.130. The number of anilines is 2. The molecule has 0 aliphatic carbocycles. The molecule has 0 fully saturated rings. The molecular formula is C23H18Cl2N6S. The van der Waals surface area contributed by atoms with Crippen LogP contribution in [-0.2, 0) is 6.42 Å². The van der Waals surface area contributed by atoms with E-state index in [9.17, 15) is 0 Å². The number of benzene rings is 2. The van der Waals surface area contributed by atoms with E-state index >= 15 is 0 Å². The van der Waals surface area contributed by atoms with Gasteiger partial charge >= 0.3 is 0 Å². The predicted molar refractivity (Wildman–Crippen MR) is 130 cm³/mol. The molecule has 0 bridgehead atoms. The lowest BCUT2D eigenvalue weighted by molar-refractivity contribution is 0.952. The highest BCUT2D eigenvalue weighted by Gasteiger charge is 2.17. The second-order valence-electron chi connectivity index (χ2n) is 7.35. The summed E-state index contributed by atoms with van der Waals surface area (Å²) in [5.74, 6) is 1.86. The molecule has 0 aliphatic rings. The zero-order valence-corrected chi connectivity index (χ0v) is 19.6. The van der Waals surface area contributed by atoms with E-state index in [0.717, 1.165) is 27.5 Å². The first-order chi connectivity index (χ1) is 15.5. The molecule has 0 spiro atoms. The highest BCUT2D eigenvalue weighted by molar-refractivity contribution is 7.15. The highest BCUT2D eigenvalue weighted by Crippen LogP contribution is 2.33. The minimum absolute atomic E-state index is 0.461. The van der Waals surface area contributed by atoms with Crippen molar-refractivity contribution in [3.8, 4) is 11.3 Å². The standard InChI is InChI=1S/C23H18Cl2N6S/c1-13-17(10-15-6-4-3-5-7-15)21(27-14(2)26-13)28-22-29-23-31(30-22)20(12-32-23)18-11-16(24)8-9-19(18)25/h3-9,11-12H,10H2,1-2H3,(H,26,27,28,30). The SMILES string of the molecule is Cc1nc(C)c(Cc2ccccc2)c(Nc2nc3scc(-c4cc(Cl)ccc4Cl)n3n2)n1. The number of thiazole rings is 1. The van der Waals surface area contributed by atoms with Crippen LogP contribution in [0.4, 0.5) is 11.8 Å². The fourth-order valence-electron chi connectivity index (χ4n) is 3.57. The van der Waals surface area contributed by atoms with Crippen LogP contribution in [0.25, 0.3) is 16.2 Å². The van der Waals surface area contributed by atoms with Crippen molar-refractivity contribution in [3.63, 3.8) is 0 Å². The van der Waals surface area contributed by atoms with E-state index in [0.29, 0.717) is 34.1 Å². The molecule has 0 amide bonds. The second kappa shape index (κ2) is 8.50. The summed E-state index contributed by atoms with van der Waals surface area (Å²) in [4.78, 5) is 14.6. The lowest BCUT2D eigenvalue weighted by atomic mass is 10.0. The van der Waals surface area contributed by atoms with Crippen molar-refractivity contribution < 1.29 is 0 Å². The Morgan fingerprint density at radius 2 is 1.81 bits per heavy atom. The number of hydrogen-bond donors (Lipinski definition) is 1. The Bertz CT molecular complexity index is 1430. The monoisotopic (exact) mass is 480 g/mol. The summed E-state index contributed by atoms with van der Waals surface area (Å²) in [5, 5.41) is 11.2. The first-order valence-corrected chi connectivity index (χ1v) is 11.6. The molecule has 3 aromatic heterocycles. The number of aryl methyl sites for hydroxylation is 2. The van der Waals surface area contributed by atoms with Crippen LogP contribution in [0.2, 0.25) is 10.0 Å². The third-order valence-corrected chi connectivity index (χ3v) is 6.45. The molecule has 0 radical (unpaired) electrons. The molecule has 5 aromatic rings. The third kappa shape index (κ3) is 4.07. The Hall–Kier alpha value is -3.00. The molecule has 5 rings (SSSR count). The van der Waals surface area contributed by atoms with Gasteiger partial charge in [0.2, 0.25) is 10.9 Å². The minimum Gasteiger partial charge on any atom is -0.307 e. The van der Waals surface area contributed by atoms with Gasteiger partial charge in [-0.25, -0.2) is 14.5 Å². The maximum absolute atomic E-state index is 6.41. The molecule has 32 heavy (non-hydrogen) atoms. The number of aromatic nitrogens is 5. The third-order valence-electron chi connectivity index (χ3n) is 5.07. The van der Waals surface area contributed by atoms with E-state index in [4.69, 9.17) is 23.2 Å². The molecule has 0 saturated heterocycles. The van der Waals surface area contributed by atoms with E-state index < -0.39 is 0 Å². The van der Waals surface area contributed by atoms with Crippen molar-refractivity contribution in [2.45, 2.75) is 20.3 Å². The Kier molecular flexibility index (Phi) is 5.55. The van der Waals surface area contributed by atoms with E-state index in [1.807, 2.05) is 43.5 Å². The first kappa shape index (κ1) is 20.9. The summed E-state index contributed by atoms with van der Waals surface area (Å²) in [7, 11) is 0. The summed E-state index contributed by atoms with van der Waals surface area (Å²) in [6.45, 7) is 3.87. The largest absolute Gasteiger partial charge is 0.307 e. The average molecular weight is 481 g/mol. The molecule has 6 nitrogen and oxygen atoms in total. The number of nitrogens with one attached hydrogen (secondary N) is 1. The average Bonchev–Trinajstić information content (AvgIpc) is 3.33. The molecule has 3 heterocycles. The maximum atomic E-state index is 6.41. The van der Waals surface area contributed by atoms with Crippen LogP contribution in [0.3, 0.4) is 0 Å². The van der Waals surface area contributed by atoms with Crippen molar-refractivity contribution in [3.05, 3.63) is 86.6 Å². The van der Waals surface area contributed by atoms with Gasteiger partial charge in [-0.3, -0.25) is 0 Å². The summed E-state index contributed by atoms with van der Waals surface area (Å²) in [6, 6.07) is 15.6. The fourth-order valence-corrected chi connectivity index (χ4v) is 4.78. The number of fused-ring (bicyclic) bond motifs is 1. The quantitative estimate of drug-likeness (QED) is 0.310. The molecule has 0 saturated carbocycles. The van der Waals surface area contributed by atoms with Gasteiger partial charge in [0.15, 0.2) is 0 Å². The van der Waals surface area contributed by atoms with Gasteiger partial charge in [0.1, 0.15) is 11.6 Å².